The van der Waals surface area contributed by atoms with Gasteiger partial charge in [-0.05, 0) is 44.9 Å². The van der Waals surface area contributed by atoms with Gasteiger partial charge in [0.2, 0.25) is 5.91 Å². The number of para-hydroxylation sites is 1. The number of carbonyl (C=O) groups excluding carboxylic acids is 2. The van der Waals surface area contributed by atoms with Crippen molar-refractivity contribution in [3.8, 4) is 5.75 Å². The fourth-order valence-electron chi connectivity index (χ4n) is 5.23. The summed E-state index contributed by atoms with van der Waals surface area (Å²) < 4.78 is 16.7. The van der Waals surface area contributed by atoms with Crippen LogP contribution in [0.25, 0.3) is 0 Å². The van der Waals surface area contributed by atoms with Crippen LogP contribution in [0.3, 0.4) is 0 Å². The van der Waals surface area contributed by atoms with Gasteiger partial charge in [0.25, 0.3) is 0 Å². The van der Waals surface area contributed by atoms with Crippen LogP contribution in [0.5, 0.6) is 5.75 Å². The molecule has 0 aliphatic carbocycles. The molecule has 1 aromatic carbocycles. The highest BCUT2D eigenvalue weighted by Crippen LogP contribution is 2.32. The van der Waals surface area contributed by atoms with E-state index in [1.165, 1.54) is 19.2 Å². The fourth-order valence-corrected chi connectivity index (χ4v) is 6.21. The minimum absolute atomic E-state index is 0.0381. The first-order valence-corrected chi connectivity index (χ1v) is 14.4. The van der Waals surface area contributed by atoms with Crippen molar-refractivity contribution in [3.63, 3.8) is 0 Å². The van der Waals surface area contributed by atoms with Gasteiger partial charge < -0.3 is 40.0 Å². The number of rotatable bonds is 12. The molecular formula is C27H42N2O9S. The molecule has 12 heteroatoms. The number of aromatic hydroxyl groups is 1. The molecule has 2 aliphatic heterocycles. The van der Waals surface area contributed by atoms with Gasteiger partial charge in [-0.1, -0.05) is 25.5 Å². The molecule has 0 unspecified atom stereocenters. The van der Waals surface area contributed by atoms with Crippen molar-refractivity contribution in [2.75, 3.05) is 33.1 Å². The molecule has 0 radical (unpaired) electrons. The first kappa shape index (κ1) is 31.6. The average Bonchev–Trinajstić information content (AvgIpc) is 3.29. The number of hydrogen-bond acceptors (Lipinski definition) is 11. The van der Waals surface area contributed by atoms with Crippen LogP contribution < -0.4 is 5.32 Å². The number of phenols is 1. The van der Waals surface area contributed by atoms with Gasteiger partial charge >= 0.3 is 5.97 Å². The summed E-state index contributed by atoms with van der Waals surface area (Å²) in [5.74, 6) is -0.447. The molecule has 0 saturated carbocycles. The number of likely N-dealkylation sites (N-methyl/N-ethyl adjacent to an activating group) is 1. The Morgan fingerprint density at radius 3 is 2.59 bits per heavy atom. The smallest absolute Gasteiger partial charge is 0.341 e. The lowest BCUT2D eigenvalue weighted by molar-refractivity contribution is -0.212. The van der Waals surface area contributed by atoms with Crippen molar-refractivity contribution in [1.82, 2.24) is 10.2 Å². The van der Waals surface area contributed by atoms with E-state index in [0.717, 1.165) is 37.6 Å². The summed E-state index contributed by atoms with van der Waals surface area (Å²) in [4.78, 5) is 27.5. The second-order valence-corrected chi connectivity index (χ2v) is 11.5. The second kappa shape index (κ2) is 14.6. The lowest BCUT2D eigenvalue weighted by atomic mass is 9.91. The highest BCUT2D eigenvalue weighted by molar-refractivity contribution is 7.99. The van der Waals surface area contributed by atoms with Gasteiger partial charge in [0.05, 0.1) is 18.2 Å². The molecule has 5 N–H and O–H groups in total. The Kier molecular flexibility index (Phi) is 11.9. The van der Waals surface area contributed by atoms with Gasteiger partial charge in [0.1, 0.15) is 47.8 Å². The highest BCUT2D eigenvalue weighted by Gasteiger charge is 2.49. The summed E-state index contributed by atoms with van der Waals surface area (Å²) in [6, 6.07) is 4.90. The third-order valence-corrected chi connectivity index (χ3v) is 8.62. The molecule has 3 rings (SSSR count). The number of aliphatic hydroxyl groups is 3. The largest absolute Gasteiger partial charge is 0.507 e. The second-order valence-electron chi connectivity index (χ2n) is 10.3. The number of esters is 1. The van der Waals surface area contributed by atoms with Crippen LogP contribution in [0.1, 0.15) is 43.5 Å². The molecule has 0 spiro atoms. The number of likely N-dealkylation sites (tertiary alicyclic amines) is 1. The number of hydrogen-bond donors (Lipinski definition) is 5. The number of benzene rings is 1. The SMILES string of the molecule is CCC[C@@H]1C[C@@H](C(=O)N[C@@H]([C@H]2O[C@H](SCCOC(=O)c3ccccc3O)[C@H](O)[C@@H](O)[C@H]2O)[C@@H](C)OC)N(C)C1. The van der Waals surface area contributed by atoms with Gasteiger partial charge in [-0.3, -0.25) is 9.69 Å². The summed E-state index contributed by atoms with van der Waals surface area (Å²) in [5.41, 5.74) is -0.931. The van der Waals surface area contributed by atoms with Crippen molar-refractivity contribution < 1.29 is 44.2 Å². The number of thioether (sulfide) groups is 1. The maximum Gasteiger partial charge on any atom is 0.341 e. The number of ether oxygens (including phenoxy) is 3. The van der Waals surface area contributed by atoms with Crippen molar-refractivity contribution in [3.05, 3.63) is 29.8 Å². The maximum atomic E-state index is 13.3. The van der Waals surface area contributed by atoms with E-state index in [4.69, 9.17) is 14.2 Å². The van der Waals surface area contributed by atoms with Gasteiger partial charge in [-0.25, -0.2) is 4.79 Å². The minimum atomic E-state index is -1.53. The van der Waals surface area contributed by atoms with Gasteiger partial charge in [0, 0.05) is 19.4 Å². The van der Waals surface area contributed by atoms with E-state index in [2.05, 4.69) is 12.2 Å². The minimum Gasteiger partial charge on any atom is -0.507 e. The Balaban J connectivity index is 1.63. The highest BCUT2D eigenvalue weighted by atomic mass is 32.2. The van der Waals surface area contributed by atoms with E-state index in [-0.39, 0.29) is 35.6 Å². The normalized spacial score (nSPS) is 31.0. The Hall–Kier alpha value is -1.93. The van der Waals surface area contributed by atoms with E-state index < -0.39 is 48.0 Å². The molecule has 2 aliphatic rings. The monoisotopic (exact) mass is 570 g/mol. The molecule has 39 heavy (non-hydrogen) atoms. The first-order chi connectivity index (χ1) is 18.6. The van der Waals surface area contributed by atoms with E-state index in [1.807, 2.05) is 11.9 Å². The zero-order chi connectivity index (χ0) is 28.7. The third kappa shape index (κ3) is 7.84. The molecule has 11 nitrogen and oxygen atoms in total. The van der Waals surface area contributed by atoms with Crippen LogP contribution in [0, 0.1) is 5.92 Å². The third-order valence-electron chi connectivity index (χ3n) is 7.50. The van der Waals surface area contributed by atoms with Crippen molar-refractivity contribution in [1.29, 1.82) is 0 Å². The molecule has 2 fully saturated rings. The molecule has 9 atom stereocenters. The number of phenolic OH excluding ortho intramolecular Hbond substituents is 1. The summed E-state index contributed by atoms with van der Waals surface area (Å²) in [6.45, 7) is 4.64. The Morgan fingerprint density at radius 2 is 1.92 bits per heavy atom. The van der Waals surface area contributed by atoms with Gasteiger partial charge in [0.15, 0.2) is 0 Å². The lowest BCUT2D eigenvalue weighted by Crippen LogP contribution is -2.66. The van der Waals surface area contributed by atoms with Crippen LogP contribution in [0.2, 0.25) is 0 Å². The quantitative estimate of drug-likeness (QED) is 0.178. The molecule has 0 aromatic heterocycles. The molecular weight excluding hydrogens is 528 g/mol. The number of nitrogens with one attached hydrogen (secondary N) is 1. The number of nitrogens with zero attached hydrogens (tertiary/aromatic N) is 1. The zero-order valence-electron chi connectivity index (χ0n) is 22.9. The topological polar surface area (TPSA) is 158 Å². The van der Waals surface area contributed by atoms with Gasteiger partial charge in [-0.15, -0.1) is 11.8 Å². The Bertz CT molecular complexity index is 954. The van der Waals surface area contributed by atoms with Crippen molar-refractivity contribution in [2.45, 2.75) is 81.1 Å². The van der Waals surface area contributed by atoms with Crippen LogP contribution in [-0.2, 0) is 19.0 Å². The van der Waals surface area contributed by atoms with Crippen LogP contribution >= 0.6 is 11.8 Å². The zero-order valence-corrected chi connectivity index (χ0v) is 23.8. The Labute approximate surface area is 233 Å². The Morgan fingerprint density at radius 1 is 1.21 bits per heavy atom. The number of methoxy groups -OCH3 is 1. The molecule has 1 amide bonds. The molecule has 2 heterocycles. The molecule has 2 saturated heterocycles. The predicted molar refractivity (Wildman–Crippen MR) is 145 cm³/mol. The summed E-state index contributed by atoms with van der Waals surface area (Å²) in [6.07, 6.45) is -3.24. The average molecular weight is 571 g/mol. The van der Waals surface area contributed by atoms with E-state index in [1.54, 1.807) is 19.1 Å². The van der Waals surface area contributed by atoms with Crippen molar-refractivity contribution in [2.24, 2.45) is 5.92 Å². The number of carbonyl (C=O) groups is 2. The first-order valence-electron chi connectivity index (χ1n) is 13.4. The van der Waals surface area contributed by atoms with Crippen LogP contribution in [0.4, 0.5) is 0 Å². The van der Waals surface area contributed by atoms with Crippen molar-refractivity contribution >= 4 is 23.6 Å². The standard InChI is InChI=1S/C27H42N2O9S/c1-5-8-16-13-18(29(3)14-16)25(34)28-20(15(2)36-4)24-22(32)21(31)23(33)27(38-24)39-12-11-37-26(35)17-9-6-7-10-19(17)30/h6-7,9-10,15-16,18,20-24,27,30-33H,5,8,11-14H2,1-4H3,(H,28,34)/t15-,16-,18+,20-,21+,22-,23-,24-,27-/m1/s1. The van der Waals surface area contributed by atoms with Crippen LogP contribution in [0.15, 0.2) is 24.3 Å². The fraction of sp³-hybridized carbons (Fsp3) is 0.704. The van der Waals surface area contributed by atoms with Gasteiger partial charge in [-0.2, -0.15) is 0 Å². The summed E-state index contributed by atoms with van der Waals surface area (Å²) in [5, 5.41) is 44.8. The molecule has 220 valence electrons. The van der Waals surface area contributed by atoms with Crippen LogP contribution in [-0.4, -0.2) is 118 Å². The molecule has 1 aromatic rings. The van der Waals surface area contributed by atoms with E-state index in [9.17, 15) is 30.0 Å². The number of aliphatic hydroxyl groups excluding tert-OH is 3. The maximum absolute atomic E-state index is 13.3. The predicted octanol–water partition coefficient (Wildman–Crippen LogP) is 0.730. The summed E-state index contributed by atoms with van der Waals surface area (Å²) in [7, 11) is 3.40. The number of amides is 1. The van der Waals surface area contributed by atoms with E-state index >= 15 is 0 Å². The summed E-state index contributed by atoms with van der Waals surface area (Å²) >= 11 is 1.10. The molecule has 0 bridgehead atoms. The lowest BCUT2D eigenvalue weighted by Gasteiger charge is -2.44. The van der Waals surface area contributed by atoms with E-state index in [0.29, 0.717) is 5.92 Å².